The van der Waals surface area contributed by atoms with Gasteiger partial charge >= 0.3 is 0 Å². The summed E-state index contributed by atoms with van der Waals surface area (Å²) < 4.78 is 13.1. The van der Waals surface area contributed by atoms with Crippen LogP contribution in [-0.2, 0) is 6.54 Å². The summed E-state index contributed by atoms with van der Waals surface area (Å²) in [5.41, 5.74) is 1.64. The molecule has 1 nitrogen and oxygen atoms in total. The van der Waals surface area contributed by atoms with Crippen LogP contribution in [0.4, 0.5) is 4.39 Å². The maximum absolute atomic E-state index is 13.1. The molecule has 0 amide bonds. The van der Waals surface area contributed by atoms with Crippen LogP contribution in [0.2, 0.25) is 0 Å². The van der Waals surface area contributed by atoms with Crippen LogP contribution >= 0.6 is 0 Å². The number of hydrogen-bond donors (Lipinski definition) is 1. The molecule has 76 valence electrons. The third-order valence-corrected chi connectivity index (χ3v) is 1.99. The van der Waals surface area contributed by atoms with Gasteiger partial charge in [-0.25, -0.2) is 4.39 Å². The molecule has 0 saturated heterocycles. The van der Waals surface area contributed by atoms with Gasteiger partial charge in [-0.05, 0) is 17.7 Å². The van der Waals surface area contributed by atoms with Crippen molar-refractivity contribution in [2.45, 2.75) is 26.4 Å². The molecule has 0 aromatic heterocycles. The first-order chi connectivity index (χ1) is 6.63. The summed E-state index contributed by atoms with van der Waals surface area (Å²) in [6.07, 6.45) is 1.54. The second kappa shape index (κ2) is 4.91. The number of hydrogen-bond acceptors (Lipinski definition) is 1. The Morgan fingerprint density at radius 2 is 2.21 bits per heavy atom. The second-order valence-electron chi connectivity index (χ2n) is 3.60. The summed E-state index contributed by atoms with van der Waals surface area (Å²) in [4.78, 5) is 0. The van der Waals surface area contributed by atoms with E-state index in [9.17, 15) is 4.39 Å². The summed E-state index contributed by atoms with van der Waals surface area (Å²) in [5.74, 6) is -0.215. The molecule has 1 N–H and O–H groups in total. The zero-order valence-electron chi connectivity index (χ0n) is 8.68. The van der Waals surface area contributed by atoms with Gasteiger partial charge in [0.05, 0.1) is 0 Å². The van der Waals surface area contributed by atoms with Crippen molar-refractivity contribution >= 4 is 6.08 Å². The van der Waals surface area contributed by atoms with E-state index in [1.165, 1.54) is 12.1 Å². The fourth-order valence-electron chi connectivity index (χ4n) is 1.18. The van der Waals surface area contributed by atoms with Crippen LogP contribution in [0.25, 0.3) is 6.08 Å². The highest BCUT2D eigenvalue weighted by molar-refractivity contribution is 5.48. The van der Waals surface area contributed by atoms with Gasteiger partial charge in [0, 0.05) is 18.2 Å². The van der Waals surface area contributed by atoms with E-state index in [1.807, 2.05) is 6.07 Å². The van der Waals surface area contributed by atoms with Gasteiger partial charge < -0.3 is 5.32 Å². The van der Waals surface area contributed by atoms with Gasteiger partial charge in [-0.15, -0.1) is 0 Å². The van der Waals surface area contributed by atoms with Crippen LogP contribution in [0, 0.1) is 5.82 Å². The van der Waals surface area contributed by atoms with Crippen molar-refractivity contribution in [3.8, 4) is 0 Å². The third kappa shape index (κ3) is 2.96. The molecule has 0 atom stereocenters. The van der Waals surface area contributed by atoms with E-state index in [4.69, 9.17) is 0 Å². The Hall–Kier alpha value is -1.15. The maximum Gasteiger partial charge on any atom is 0.130 e. The van der Waals surface area contributed by atoms with Crippen LogP contribution in [-0.4, -0.2) is 6.04 Å². The first kappa shape index (κ1) is 10.9. The standard InChI is InChI=1S/C12H16FN/c1-4-11-7-10(5-6-12(11)13)8-14-9(2)3/h4-7,9,14H,1,8H2,2-3H3. The maximum atomic E-state index is 13.1. The number of rotatable bonds is 4. The van der Waals surface area contributed by atoms with Crippen molar-refractivity contribution in [3.05, 3.63) is 41.7 Å². The molecule has 0 spiro atoms. The Morgan fingerprint density at radius 3 is 2.79 bits per heavy atom. The van der Waals surface area contributed by atoms with Gasteiger partial charge in [-0.1, -0.05) is 32.6 Å². The molecule has 1 rings (SSSR count). The van der Waals surface area contributed by atoms with Gasteiger partial charge in [0.1, 0.15) is 5.82 Å². The lowest BCUT2D eigenvalue weighted by Gasteiger charge is -2.08. The Balaban J connectivity index is 2.74. The minimum absolute atomic E-state index is 0.215. The van der Waals surface area contributed by atoms with Crippen LogP contribution < -0.4 is 5.32 Å². The fourth-order valence-corrected chi connectivity index (χ4v) is 1.18. The normalized spacial score (nSPS) is 10.6. The lowest BCUT2D eigenvalue weighted by atomic mass is 10.1. The summed E-state index contributed by atoms with van der Waals surface area (Å²) in [5, 5.41) is 3.28. The minimum atomic E-state index is -0.215. The number of halogens is 1. The smallest absolute Gasteiger partial charge is 0.130 e. The van der Waals surface area contributed by atoms with Crippen LogP contribution in [0.15, 0.2) is 24.8 Å². The molecule has 1 aromatic rings. The SMILES string of the molecule is C=Cc1cc(CNC(C)C)ccc1F. The predicted octanol–water partition coefficient (Wildman–Crippen LogP) is 2.97. The van der Waals surface area contributed by atoms with E-state index in [2.05, 4.69) is 25.7 Å². The van der Waals surface area contributed by atoms with Crippen LogP contribution in [0.5, 0.6) is 0 Å². The predicted molar refractivity (Wildman–Crippen MR) is 58.5 cm³/mol. The van der Waals surface area contributed by atoms with Gasteiger partial charge in [0.2, 0.25) is 0 Å². The Morgan fingerprint density at radius 1 is 1.50 bits per heavy atom. The molecule has 0 unspecified atom stereocenters. The molecule has 0 bridgehead atoms. The average molecular weight is 193 g/mol. The Labute approximate surface area is 84.6 Å². The van der Waals surface area contributed by atoms with E-state index >= 15 is 0 Å². The van der Waals surface area contributed by atoms with E-state index < -0.39 is 0 Å². The molecule has 2 heteroatoms. The summed E-state index contributed by atoms with van der Waals surface area (Å²) in [6, 6.07) is 5.52. The van der Waals surface area contributed by atoms with Gasteiger partial charge in [-0.3, -0.25) is 0 Å². The summed E-state index contributed by atoms with van der Waals surface area (Å²) in [6.45, 7) is 8.49. The average Bonchev–Trinajstić information content (AvgIpc) is 2.16. The van der Waals surface area contributed by atoms with Crippen molar-refractivity contribution in [1.29, 1.82) is 0 Å². The molecule has 0 aliphatic rings. The van der Waals surface area contributed by atoms with Crippen molar-refractivity contribution in [1.82, 2.24) is 5.32 Å². The van der Waals surface area contributed by atoms with Crippen molar-refractivity contribution < 1.29 is 4.39 Å². The zero-order chi connectivity index (χ0) is 10.6. The monoisotopic (exact) mass is 193 g/mol. The molecule has 0 heterocycles. The molecule has 0 fully saturated rings. The highest BCUT2D eigenvalue weighted by Gasteiger charge is 2.00. The molecular weight excluding hydrogens is 177 g/mol. The summed E-state index contributed by atoms with van der Waals surface area (Å²) in [7, 11) is 0. The van der Waals surface area contributed by atoms with Gasteiger partial charge in [-0.2, -0.15) is 0 Å². The lowest BCUT2D eigenvalue weighted by molar-refractivity contribution is 0.586. The molecule has 0 aliphatic heterocycles. The molecule has 0 radical (unpaired) electrons. The molecule has 0 aliphatic carbocycles. The van der Waals surface area contributed by atoms with Gasteiger partial charge in [0.15, 0.2) is 0 Å². The van der Waals surface area contributed by atoms with Crippen molar-refractivity contribution in [3.63, 3.8) is 0 Å². The first-order valence-electron chi connectivity index (χ1n) is 4.77. The van der Waals surface area contributed by atoms with Gasteiger partial charge in [0.25, 0.3) is 0 Å². The highest BCUT2D eigenvalue weighted by atomic mass is 19.1. The van der Waals surface area contributed by atoms with E-state index in [0.717, 1.165) is 12.1 Å². The molecule has 1 aromatic carbocycles. The molecule has 0 saturated carbocycles. The first-order valence-corrected chi connectivity index (χ1v) is 4.77. The Kier molecular flexibility index (Phi) is 3.84. The van der Waals surface area contributed by atoms with Crippen LogP contribution in [0.3, 0.4) is 0 Å². The minimum Gasteiger partial charge on any atom is -0.310 e. The zero-order valence-corrected chi connectivity index (χ0v) is 8.68. The largest absolute Gasteiger partial charge is 0.310 e. The van der Waals surface area contributed by atoms with Crippen LogP contribution in [0.1, 0.15) is 25.0 Å². The molecule has 14 heavy (non-hydrogen) atoms. The number of nitrogens with one attached hydrogen (secondary N) is 1. The third-order valence-electron chi connectivity index (χ3n) is 1.99. The topological polar surface area (TPSA) is 12.0 Å². The van der Waals surface area contributed by atoms with E-state index in [0.29, 0.717) is 11.6 Å². The Bertz CT molecular complexity index is 318. The van der Waals surface area contributed by atoms with Crippen molar-refractivity contribution in [2.75, 3.05) is 0 Å². The fraction of sp³-hybridized carbons (Fsp3) is 0.333. The quantitative estimate of drug-likeness (QED) is 0.775. The van der Waals surface area contributed by atoms with Crippen molar-refractivity contribution in [2.24, 2.45) is 0 Å². The van der Waals surface area contributed by atoms with E-state index in [1.54, 1.807) is 6.07 Å². The van der Waals surface area contributed by atoms with E-state index in [-0.39, 0.29) is 5.82 Å². The number of benzene rings is 1. The summed E-state index contributed by atoms with van der Waals surface area (Å²) >= 11 is 0. The molecular formula is C12H16FN. The lowest BCUT2D eigenvalue weighted by Crippen LogP contribution is -2.21. The second-order valence-corrected chi connectivity index (χ2v) is 3.60. The highest BCUT2D eigenvalue weighted by Crippen LogP contribution is 2.11.